The molecule has 6 nitrogen and oxygen atoms in total. The molecule has 0 spiro atoms. The summed E-state index contributed by atoms with van der Waals surface area (Å²) in [7, 11) is 0. The van der Waals surface area contributed by atoms with E-state index in [0.717, 1.165) is 37.8 Å². The van der Waals surface area contributed by atoms with E-state index in [4.69, 9.17) is 5.73 Å². The Bertz CT molecular complexity index is 594. The normalized spacial score (nSPS) is 19.0. The van der Waals surface area contributed by atoms with Crippen LogP contribution < -0.4 is 11.1 Å². The van der Waals surface area contributed by atoms with E-state index in [2.05, 4.69) is 12.2 Å². The highest BCUT2D eigenvalue weighted by Gasteiger charge is 2.32. The molecule has 1 aliphatic rings. The number of nitrogens with two attached hydrogens (primary N) is 1. The lowest BCUT2D eigenvalue weighted by Crippen LogP contribution is -2.52. The molecule has 1 heterocycles. The number of hydrogen-bond donors (Lipinski definition) is 3. The van der Waals surface area contributed by atoms with Crippen molar-refractivity contribution in [3.63, 3.8) is 0 Å². The minimum Gasteiger partial charge on any atom is -0.480 e. The summed E-state index contributed by atoms with van der Waals surface area (Å²) in [5.41, 5.74) is 6.69. The SMILES string of the molecule is CC1CCCN1C(=O)[C@H](CCCCN)N[C@@H](CCc1ccccc1)C(=O)O. The van der Waals surface area contributed by atoms with Gasteiger partial charge in [0.05, 0.1) is 6.04 Å². The molecule has 1 saturated heterocycles. The average Bonchev–Trinajstić information content (AvgIpc) is 3.09. The zero-order valence-electron chi connectivity index (χ0n) is 16.3. The molecule has 2 rings (SSSR count). The number of nitrogens with one attached hydrogen (secondary N) is 1. The van der Waals surface area contributed by atoms with Gasteiger partial charge in [0.1, 0.15) is 6.04 Å². The van der Waals surface area contributed by atoms with E-state index in [1.807, 2.05) is 35.2 Å². The van der Waals surface area contributed by atoms with Crippen LogP contribution in [0.1, 0.15) is 51.0 Å². The van der Waals surface area contributed by atoms with Crippen LogP contribution >= 0.6 is 0 Å². The fraction of sp³-hybridized carbons (Fsp3) is 0.619. The number of unbranched alkanes of at least 4 members (excludes halogenated alkanes) is 1. The highest BCUT2D eigenvalue weighted by atomic mass is 16.4. The minimum absolute atomic E-state index is 0.0305. The Morgan fingerprint density at radius 1 is 1.22 bits per heavy atom. The van der Waals surface area contributed by atoms with E-state index in [-0.39, 0.29) is 11.9 Å². The van der Waals surface area contributed by atoms with Gasteiger partial charge >= 0.3 is 5.97 Å². The number of carboxylic acids is 1. The van der Waals surface area contributed by atoms with E-state index in [0.29, 0.717) is 25.8 Å². The number of aryl methyl sites for hydroxylation is 1. The maximum atomic E-state index is 13.0. The van der Waals surface area contributed by atoms with E-state index in [1.54, 1.807) is 0 Å². The summed E-state index contributed by atoms with van der Waals surface area (Å²) >= 11 is 0. The highest BCUT2D eigenvalue weighted by Crippen LogP contribution is 2.19. The average molecular weight is 376 g/mol. The zero-order chi connectivity index (χ0) is 19.6. The maximum Gasteiger partial charge on any atom is 0.320 e. The van der Waals surface area contributed by atoms with Crippen molar-refractivity contribution in [2.24, 2.45) is 5.73 Å². The number of carboxylic acid groups (broad SMARTS) is 1. The highest BCUT2D eigenvalue weighted by molar-refractivity contribution is 5.83. The molecule has 150 valence electrons. The van der Waals surface area contributed by atoms with Crippen molar-refractivity contribution >= 4 is 11.9 Å². The third-order valence-corrected chi connectivity index (χ3v) is 5.35. The number of aliphatic carboxylic acids is 1. The van der Waals surface area contributed by atoms with Crippen molar-refractivity contribution in [1.29, 1.82) is 0 Å². The largest absolute Gasteiger partial charge is 0.480 e. The molecule has 3 atom stereocenters. The Morgan fingerprint density at radius 3 is 2.56 bits per heavy atom. The molecule has 1 aliphatic heterocycles. The zero-order valence-corrected chi connectivity index (χ0v) is 16.3. The molecule has 1 unspecified atom stereocenters. The molecule has 1 amide bonds. The number of carbonyl (C=O) groups is 2. The van der Waals surface area contributed by atoms with Crippen molar-refractivity contribution in [3.05, 3.63) is 35.9 Å². The van der Waals surface area contributed by atoms with Gasteiger partial charge in [-0.25, -0.2) is 0 Å². The van der Waals surface area contributed by atoms with Crippen LogP contribution in [0.3, 0.4) is 0 Å². The summed E-state index contributed by atoms with van der Waals surface area (Å²) in [6.07, 6.45) is 5.41. The molecule has 0 aliphatic carbocycles. The smallest absolute Gasteiger partial charge is 0.320 e. The fourth-order valence-corrected chi connectivity index (χ4v) is 3.71. The van der Waals surface area contributed by atoms with Crippen molar-refractivity contribution in [1.82, 2.24) is 10.2 Å². The summed E-state index contributed by atoms with van der Waals surface area (Å²) in [5.74, 6) is -0.875. The first-order chi connectivity index (χ1) is 13.0. The molecule has 1 aromatic carbocycles. The summed E-state index contributed by atoms with van der Waals surface area (Å²) in [5, 5.41) is 12.8. The summed E-state index contributed by atoms with van der Waals surface area (Å²) < 4.78 is 0. The van der Waals surface area contributed by atoms with Gasteiger partial charge in [-0.15, -0.1) is 0 Å². The van der Waals surface area contributed by atoms with Crippen LogP contribution in [0.5, 0.6) is 0 Å². The van der Waals surface area contributed by atoms with Crippen LogP contribution in [0.25, 0.3) is 0 Å². The molecule has 0 bridgehead atoms. The van der Waals surface area contributed by atoms with Gasteiger partial charge in [0, 0.05) is 12.6 Å². The lowest BCUT2D eigenvalue weighted by Gasteiger charge is -2.29. The van der Waals surface area contributed by atoms with Crippen molar-refractivity contribution < 1.29 is 14.7 Å². The molecule has 6 heteroatoms. The summed E-state index contributed by atoms with van der Waals surface area (Å²) in [4.78, 5) is 26.7. The standard InChI is InChI=1S/C21H33N3O3/c1-16-8-7-15-24(16)20(25)18(11-5-6-14-22)23-19(21(26)27)13-12-17-9-3-2-4-10-17/h2-4,9-10,16,18-19,23H,5-8,11-15,22H2,1H3,(H,26,27)/t16?,18-,19-/m0/s1. The summed E-state index contributed by atoms with van der Waals surface area (Å²) in [6, 6.07) is 8.86. The maximum absolute atomic E-state index is 13.0. The molecule has 27 heavy (non-hydrogen) atoms. The molecule has 1 aromatic rings. The predicted molar refractivity (Wildman–Crippen MR) is 106 cm³/mol. The first kappa shape index (κ1) is 21.4. The van der Waals surface area contributed by atoms with Crippen LogP contribution in [-0.2, 0) is 16.0 Å². The second-order valence-electron chi connectivity index (χ2n) is 7.44. The number of hydrogen-bond acceptors (Lipinski definition) is 4. The van der Waals surface area contributed by atoms with E-state index in [9.17, 15) is 14.7 Å². The van der Waals surface area contributed by atoms with Gasteiger partial charge in [-0.05, 0) is 57.6 Å². The van der Waals surface area contributed by atoms with Gasteiger partial charge in [-0.1, -0.05) is 36.8 Å². The Kier molecular flexibility index (Phi) is 8.75. The van der Waals surface area contributed by atoms with E-state index in [1.165, 1.54) is 0 Å². The van der Waals surface area contributed by atoms with Crippen LogP contribution in [-0.4, -0.2) is 53.1 Å². The lowest BCUT2D eigenvalue weighted by atomic mass is 10.0. The molecule has 0 aromatic heterocycles. The van der Waals surface area contributed by atoms with Crippen LogP contribution in [0.4, 0.5) is 0 Å². The summed E-state index contributed by atoms with van der Waals surface area (Å²) in [6.45, 7) is 3.40. The monoisotopic (exact) mass is 375 g/mol. The third kappa shape index (κ3) is 6.63. The Morgan fingerprint density at radius 2 is 1.96 bits per heavy atom. The van der Waals surface area contributed by atoms with Gasteiger partial charge in [-0.2, -0.15) is 0 Å². The number of rotatable bonds is 11. The quantitative estimate of drug-likeness (QED) is 0.515. The van der Waals surface area contributed by atoms with Gasteiger partial charge in [0.25, 0.3) is 0 Å². The topological polar surface area (TPSA) is 95.7 Å². The van der Waals surface area contributed by atoms with Crippen molar-refractivity contribution in [3.8, 4) is 0 Å². The molecular formula is C21H33N3O3. The van der Waals surface area contributed by atoms with Gasteiger partial charge in [0.2, 0.25) is 5.91 Å². The first-order valence-electron chi connectivity index (χ1n) is 10.1. The molecule has 0 radical (unpaired) electrons. The number of carbonyl (C=O) groups excluding carboxylic acids is 1. The van der Waals surface area contributed by atoms with Crippen molar-refractivity contribution in [2.75, 3.05) is 13.1 Å². The fourth-order valence-electron chi connectivity index (χ4n) is 3.71. The number of benzene rings is 1. The Hall–Kier alpha value is -1.92. The minimum atomic E-state index is -0.906. The number of amides is 1. The molecular weight excluding hydrogens is 342 g/mol. The Labute approximate surface area is 162 Å². The predicted octanol–water partition coefficient (Wildman–Crippen LogP) is 2.17. The van der Waals surface area contributed by atoms with Crippen LogP contribution in [0, 0.1) is 0 Å². The molecule has 0 saturated carbocycles. The molecule has 1 fully saturated rings. The van der Waals surface area contributed by atoms with Crippen LogP contribution in [0.15, 0.2) is 30.3 Å². The van der Waals surface area contributed by atoms with E-state index < -0.39 is 18.1 Å². The van der Waals surface area contributed by atoms with Gasteiger partial charge in [0.15, 0.2) is 0 Å². The van der Waals surface area contributed by atoms with Crippen LogP contribution in [0.2, 0.25) is 0 Å². The van der Waals surface area contributed by atoms with Gasteiger partial charge in [-0.3, -0.25) is 14.9 Å². The Balaban J connectivity index is 2.02. The number of nitrogens with zero attached hydrogens (tertiary/aromatic N) is 1. The van der Waals surface area contributed by atoms with Crippen molar-refractivity contribution in [2.45, 2.75) is 70.0 Å². The van der Waals surface area contributed by atoms with Gasteiger partial charge < -0.3 is 15.7 Å². The second kappa shape index (κ2) is 11.0. The number of likely N-dealkylation sites (tertiary alicyclic amines) is 1. The second-order valence-corrected chi connectivity index (χ2v) is 7.44. The molecule has 4 N–H and O–H groups in total. The first-order valence-corrected chi connectivity index (χ1v) is 10.1. The third-order valence-electron chi connectivity index (χ3n) is 5.35. The van der Waals surface area contributed by atoms with E-state index >= 15 is 0 Å². The lowest BCUT2D eigenvalue weighted by molar-refractivity contribution is -0.141.